The van der Waals surface area contributed by atoms with Gasteiger partial charge < -0.3 is 0 Å². The van der Waals surface area contributed by atoms with Gasteiger partial charge in [-0.25, -0.2) is 8.42 Å². The predicted octanol–water partition coefficient (Wildman–Crippen LogP) is 0.902. The van der Waals surface area contributed by atoms with Gasteiger partial charge in [0, 0.05) is 0 Å². The van der Waals surface area contributed by atoms with Crippen LogP contribution in [-0.4, -0.2) is 19.7 Å². The van der Waals surface area contributed by atoms with Crippen molar-refractivity contribution in [3.8, 4) is 12.1 Å². The maximum absolute atomic E-state index is 11.8. The number of hydrogen-bond donors (Lipinski definition) is 1. The Labute approximate surface area is 90.8 Å². The molecule has 0 radical (unpaired) electrons. The molecule has 1 atom stereocenters. The van der Waals surface area contributed by atoms with Crippen molar-refractivity contribution in [2.45, 2.75) is 37.9 Å². The lowest BCUT2D eigenvalue weighted by atomic mass is 10.0. The molecule has 0 aliphatic rings. The van der Waals surface area contributed by atoms with Gasteiger partial charge in [0.1, 0.15) is 0 Å². The molecule has 0 rings (SSSR count). The van der Waals surface area contributed by atoms with E-state index in [1.54, 1.807) is 13.0 Å². The Kier molecular flexibility index (Phi) is 5.27. The SMILES string of the molecule is CCCC(C#N)(CC)S(=O)(=O)NCC#N. The Hall–Kier alpha value is -1.11. The highest BCUT2D eigenvalue weighted by molar-refractivity contribution is 7.91. The van der Waals surface area contributed by atoms with E-state index in [1.165, 1.54) is 0 Å². The van der Waals surface area contributed by atoms with Crippen molar-refractivity contribution in [3.05, 3.63) is 0 Å². The first-order valence-electron chi connectivity index (χ1n) is 4.77. The lowest BCUT2D eigenvalue weighted by molar-refractivity contribution is 0.516. The average molecular weight is 229 g/mol. The quantitative estimate of drug-likeness (QED) is 0.685. The van der Waals surface area contributed by atoms with Gasteiger partial charge in [-0.2, -0.15) is 15.2 Å². The van der Waals surface area contributed by atoms with Gasteiger partial charge in [0.25, 0.3) is 0 Å². The van der Waals surface area contributed by atoms with Crippen LogP contribution in [-0.2, 0) is 10.0 Å². The second-order valence-electron chi connectivity index (χ2n) is 3.19. The minimum atomic E-state index is -3.74. The van der Waals surface area contributed by atoms with Gasteiger partial charge in [-0.15, -0.1) is 0 Å². The summed E-state index contributed by atoms with van der Waals surface area (Å²) in [5.74, 6) is 0. The van der Waals surface area contributed by atoms with E-state index >= 15 is 0 Å². The number of nitrogens with one attached hydrogen (secondary N) is 1. The fourth-order valence-electron chi connectivity index (χ4n) is 1.37. The second kappa shape index (κ2) is 5.69. The van der Waals surface area contributed by atoms with Crippen molar-refractivity contribution in [1.29, 1.82) is 10.5 Å². The smallest absolute Gasteiger partial charge is 0.211 e. The van der Waals surface area contributed by atoms with Crippen molar-refractivity contribution >= 4 is 10.0 Å². The van der Waals surface area contributed by atoms with Crippen molar-refractivity contribution in [3.63, 3.8) is 0 Å². The number of hydrogen-bond acceptors (Lipinski definition) is 4. The van der Waals surface area contributed by atoms with Crippen LogP contribution in [0.3, 0.4) is 0 Å². The highest BCUT2D eigenvalue weighted by atomic mass is 32.2. The number of sulfonamides is 1. The third-order valence-corrected chi connectivity index (χ3v) is 4.42. The Morgan fingerprint density at radius 1 is 1.33 bits per heavy atom. The van der Waals surface area contributed by atoms with Crippen molar-refractivity contribution in [2.24, 2.45) is 0 Å². The van der Waals surface area contributed by atoms with E-state index in [2.05, 4.69) is 4.72 Å². The fourth-order valence-corrected chi connectivity index (χ4v) is 2.87. The molecule has 84 valence electrons. The first-order valence-corrected chi connectivity index (χ1v) is 6.25. The molecular formula is C9H15N3O2S. The predicted molar refractivity (Wildman–Crippen MR) is 56.1 cm³/mol. The number of nitriles is 2. The molecule has 5 nitrogen and oxygen atoms in total. The van der Waals surface area contributed by atoms with Gasteiger partial charge in [0.2, 0.25) is 10.0 Å². The first-order chi connectivity index (χ1) is 6.99. The molecule has 1 unspecified atom stereocenters. The molecule has 0 aromatic heterocycles. The minimum Gasteiger partial charge on any atom is -0.211 e. The summed E-state index contributed by atoms with van der Waals surface area (Å²) in [5, 5.41) is 17.3. The normalized spacial score (nSPS) is 14.9. The van der Waals surface area contributed by atoms with Crippen molar-refractivity contribution in [2.75, 3.05) is 6.54 Å². The maximum Gasteiger partial charge on any atom is 0.231 e. The van der Waals surface area contributed by atoms with Crippen LogP contribution in [0.1, 0.15) is 33.1 Å². The van der Waals surface area contributed by atoms with E-state index in [1.807, 2.05) is 13.0 Å². The summed E-state index contributed by atoms with van der Waals surface area (Å²) in [7, 11) is -3.74. The van der Waals surface area contributed by atoms with Gasteiger partial charge in [-0.1, -0.05) is 20.3 Å². The maximum atomic E-state index is 11.8. The molecule has 0 aliphatic carbocycles. The van der Waals surface area contributed by atoms with E-state index in [4.69, 9.17) is 10.5 Å². The van der Waals surface area contributed by atoms with Crippen LogP contribution >= 0.6 is 0 Å². The zero-order valence-corrected chi connectivity index (χ0v) is 9.76. The third-order valence-electron chi connectivity index (χ3n) is 2.28. The molecule has 0 saturated heterocycles. The highest BCUT2D eigenvalue weighted by Gasteiger charge is 2.41. The van der Waals surface area contributed by atoms with Gasteiger partial charge in [0.05, 0.1) is 18.7 Å². The minimum absolute atomic E-state index is 0.220. The monoisotopic (exact) mass is 229 g/mol. The zero-order valence-electron chi connectivity index (χ0n) is 8.95. The molecule has 1 N–H and O–H groups in total. The van der Waals surface area contributed by atoms with Crippen LogP contribution in [0.25, 0.3) is 0 Å². The van der Waals surface area contributed by atoms with Crippen molar-refractivity contribution in [1.82, 2.24) is 4.72 Å². The molecule has 0 fully saturated rings. The second-order valence-corrected chi connectivity index (χ2v) is 5.27. The average Bonchev–Trinajstić information content (AvgIpc) is 2.23. The fraction of sp³-hybridized carbons (Fsp3) is 0.778. The summed E-state index contributed by atoms with van der Waals surface area (Å²) in [6.07, 6.45) is 1.10. The van der Waals surface area contributed by atoms with Crippen LogP contribution in [0.2, 0.25) is 0 Å². The summed E-state index contributed by atoms with van der Waals surface area (Å²) in [6, 6.07) is 3.54. The molecule has 15 heavy (non-hydrogen) atoms. The molecule has 0 aromatic rings. The molecule has 0 amide bonds. The Morgan fingerprint density at radius 2 is 1.93 bits per heavy atom. The zero-order chi connectivity index (χ0) is 11.9. The topological polar surface area (TPSA) is 93.8 Å². The van der Waals surface area contributed by atoms with Gasteiger partial charge in [-0.3, -0.25) is 0 Å². The molecular weight excluding hydrogens is 214 g/mol. The summed E-state index contributed by atoms with van der Waals surface area (Å²) in [6.45, 7) is 3.18. The van der Waals surface area contributed by atoms with Crippen LogP contribution in [0.4, 0.5) is 0 Å². The standard InChI is InChI=1S/C9H15N3O2S/c1-3-5-9(4-2,8-11)15(13,14)12-7-6-10/h12H,3-5,7H2,1-2H3. The first kappa shape index (κ1) is 13.9. The van der Waals surface area contributed by atoms with E-state index in [0.717, 1.165) is 0 Å². The van der Waals surface area contributed by atoms with Gasteiger partial charge >= 0.3 is 0 Å². The lowest BCUT2D eigenvalue weighted by Gasteiger charge is -2.24. The molecule has 0 heterocycles. The van der Waals surface area contributed by atoms with Crippen LogP contribution in [0.5, 0.6) is 0 Å². The lowest BCUT2D eigenvalue weighted by Crippen LogP contribution is -2.45. The molecule has 6 heteroatoms. The molecule has 0 bridgehead atoms. The largest absolute Gasteiger partial charge is 0.231 e. The van der Waals surface area contributed by atoms with E-state index in [-0.39, 0.29) is 19.4 Å². The molecule has 0 spiro atoms. The highest BCUT2D eigenvalue weighted by Crippen LogP contribution is 2.25. The molecule has 0 aliphatic heterocycles. The number of rotatable bonds is 6. The van der Waals surface area contributed by atoms with E-state index in [9.17, 15) is 8.42 Å². The van der Waals surface area contributed by atoms with Crippen LogP contribution in [0.15, 0.2) is 0 Å². The Bertz CT molecular complexity index is 377. The Balaban J connectivity index is 5.10. The van der Waals surface area contributed by atoms with E-state index < -0.39 is 14.8 Å². The van der Waals surface area contributed by atoms with Gasteiger partial charge in [0.15, 0.2) is 4.75 Å². The number of nitrogens with zero attached hydrogens (tertiary/aromatic N) is 2. The van der Waals surface area contributed by atoms with Gasteiger partial charge in [-0.05, 0) is 12.8 Å². The molecule has 0 aromatic carbocycles. The van der Waals surface area contributed by atoms with Crippen molar-refractivity contribution < 1.29 is 8.42 Å². The molecule has 0 saturated carbocycles. The van der Waals surface area contributed by atoms with Crippen LogP contribution in [0, 0.1) is 22.7 Å². The van der Waals surface area contributed by atoms with Crippen LogP contribution < -0.4 is 4.72 Å². The summed E-state index contributed by atoms with van der Waals surface area (Å²) in [5.41, 5.74) is 0. The third kappa shape index (κ3) is 2.92. The Morgan fingerprint density at radius 3 is 2.27 bits per heavy atom. The van der Waals surface area contributed by atoms with E-state index in [0.29, 0.717) is 6.42 Å². The summed E-state index contributed by atoms with van der Waals surface area (Å²) < 4.78 is 24.3. The summed E-state index contributed by atoms with van der Waals surface area (Å²) in [4.78, 5) is 0. The summed E-state index contributed by atoms with van der Waals surface area (Å²) >= 11 is 0.